The zero-order valence-corrected chi connectivity index (χ0v) is 31.9. The maximum atomic E-state index is 11.2. The van der Waals surface area contributed by atoms with Crippen molar-refractivity contribution in [3.05, 3.63) is 75.8 Å². The smallest absolute Gasteiger partial charge is 0.217 e. The van der Waals surface area contributed by atoms with E-state index in [1.165, 1.54) is 47.2 Å². The molecule has 1 saturated heterocycles. The van der Waals surface area contributed by atoms with Gasteiger partial charge in [0.1, 0.15) is 23.4 Å². The molecule has 8 heteroatoms. The molecule has 1 aliphatic carbocycles. The number of fused-ring (bicyclic) bond motifs is 1. The monoisotopic (exact) mass is 703 g/mol. The van der Waals surface area contributed by atoms with Crippen LogP contribution in [0.2, 0.25) is 5.02 Å². The van der Waals surface area contributed by atoms with Crippen LogP contribution < -0.4 is 19.9 Å². The lowest BCUT2D eigenvalue weighted by Crippen LogP contribution is -2.39. The first-order chi connectivity index (χ1) is 24.0. The number of carbonyl (C=O) groups excluding carboxylic acids is 1. The number of primary amides is 1. The summed E-state index contributed by atoms with van der Waals surface area (Å²) in [5, 5.41) is 0.583. The largest absolute Gasteiger partial charge is 0.493 e. The molecule has 272 valence electrons. The number of nitrogens with two attached hydrogens (primary N) is 1. The lowest BCUT2D eigenvalue weighted by molar-refractivity contribution is -0.118. The van der Waals surface area contributed by atoms with E-state index < -0.39 is 0 Å². The number of ether oxygens (including phenoxy) is 3. The van der Waals surface area contributed by atoms with Crippen molar-refractivity contribution in [3.63, 3.8) is 0 Å². The third-order valence-electron chi connectivity index (χ3n) is 10.6. The van der Waals surface area contributed by atoms with Gasteiger partial charge in [-0.25, -0.2) is 0 Å². The molecule has 5 rings (SSSR count). The molecule has 50 heavy (non-hydrogen) atoms. The van der Waals surface area contributed by atoms with E-state index in [-0.39, 0.29) is 12.0 Å². The number of hydrogen-bond donors (Lipinski definition) is 1. The van der Waals surface area contributed by atoms with Gasteiger partial charge < -0.3 is 19.9 Å². The van der Waals surface area contributed by atoms with Crippen LogP contribution in [0.1, 0.15) is 108 Å². The van der Waals surface area contributed by atoms with Crippen LogP contribution in [-0.2, 0) is 17.8 Å². The van der Waals surface area contributed by atoms with E-state index >= 15 is 0 Å². The van der Waals surface area contributed by atoms with Crippen molar-refractivity contribution in [1.29, 1.82) is 0 Å². The summed E-state index contributed by atoms with van der Waals surface area (Å²) >= 11 is 6.93. The Hall–Kier alpha value is -3.26. The highest BCUT2D eigenvalue weighted by atomic mass is 35.5. The second-order valence-corrected chi connectivity index (χ2v) is 15.3. The topological polar surface area (TPSA) is 77.3 Å². The summed E-state index contributed by atoms with van der Waals surface area (Å²) in [5.74, 6) is 2.14. The Morgan fingerprint density at radius 2 is 1.82 bits per heavy atom. The first kappa shape index (κ1) is 38.0. The molecule has 0 bridgehead atoms. The predicted molar refractivity (Wildman–Crippen MR) is 205 cm³/mol. The van der Waals surface area contributed by atoms with Gasteiger partial charge in [0.2, 0.25) is 5.91 Å². The minimum atomic E-state index is -0.250. The molecular formula is C42H58ClN3O4. The van der Waals surface area contributed by atoms with E-state index in [1.54, 1.807) is 0 Å². The second kappa shape index (κ2) is 17.3. The van der Waals surface area contributed by atoms with Crippen molar-refractivity contribution < 1.29 is 19.0 Å². The highest BCUT2D eigenvalue weighted by Gasteiger charge is 2.31. The molecule has 1 amide bonds. The van der Waals surface area contributed by atoms with Crippen molar-refractivity contribution in [2.24, 2.45) is 5.73 Å². The van der Waals surface area contributed by atoms with Gasteiger partial charge in [-0.2, -0.15) is 0 Å². The van der Waals surface area contributed by atoms with E-state index in [1.807, 2.05) is 19.1 Å². The zero-order chi connectivity index (χ0) is 35.8. The van der Waals surface area contributed by atoms with Crippen LogP contribution in [0.25, 0.3) is 11.1 Å². The highest BCUT2D eigenvalue weighted by Crippen LogP contribution is 2.44. The van der Waals surface area contributed by atoms with Crippen molar-refractivity contribution in [2.45, 2.75) is 117 Å². The molecule has 0 aromatic heterocycles. The molecule has 0 saturated carbocycles. The summed E-state index contributed by atoms with van der Waals surface area (Å²) in [7, 11) is 0. The summed E-state index contributed by atoms with van der Waals surface area (Å²) in [5.41, 5.74) is 12.9. The van der Waals surface area contributed by atoms with E-state index in [0.29, 0.717) is 41.9 Å². The molecule has 0 radical (unpaired) electrons. The summed E-state index contributed by atoms with van der Waals surface area (Å²) < 4.78 is 19.2. The second-order valence-electron chi connectivity index (χ2n) is 14.9. The lowest BCUT2D eigenvalue weighted by Gasteiger charge is -2.31. The van der Waals surface area contributed by atoms with E-state index in [9.17, 15) is 4.79 Å². The Balaban J connectivity index is 1.28. The maximum absolute atomic E-state index is 11.2. The summed E-state index contributed by atoms with van der Waals surface area (Å²) in [6, 6.07) is 17.3. The Bertz CT molecular complexity index is 1610. The van der Waals surface area contributed by atoms with Gasteiger partial charge in [0, 0.05) is 42.7 Å². The molecule has 7 nitrogen and oxygen atoms in total. The molecule has 3 aromatic rings. The van der Waals surface area contributed by atoms with Crippen LogP contribution in [0.4, 0.5) is 0 Å². The zero-order valence-electron chi connectivity index (χ0n) is 31.2. The number of hydrogen-bond acceptors (Lipinski definition) is 6. The third kappa shape index (κ3) is 9.34. The van der Waals surface area contributed by atoms with Gasteiger partial charge in [-0.1, -0.05) is 41.9 Å². The first-order valence-electron chi connectivity index (χ1n) is 18.7. The molecule has 3 aromatic carbocycles. The standard InChI is InChI=1S/C42H58ClN3O4/c1-7-48-39-27-40(36(43)26-31(39)28-45(29(2)3)22-9-8-18-41(44)47)50-38-20-19-34-33(15-10-16-35(34)38)32-14-11-17-37(30(32)4)49-25-13-24-46-23-12-21-42(46,5)6/h10-11,14-17,26-27,29,38H,7-9,12-13,18-25,28H2,1-6H3,(H2,44,47)/t38-/m0/s1. The summed E-state index contributed by atoms with van der Waals surface area (Å²) in [6.07, 6.45) is 7.39. The number of carbonyl (C=O) groups is 1. The number of rotatable bonds is 18. The Morgan fingerprint density at radius 1 is 1.04 bits per heavy atom. The average molecular weight is 704 g/mol. The maximum Gasteiger partial charge on any atom is 0.217 e. The van der Waals surface area contributed by atoms with Crippen LogP contribution in [0.5, 0.6) is 17.2 Å². The van der Waals surface area contributed by atoms with Gasteiger partial charge in [0.25, 0.3) is 0 Å². The molecular weight excluding hydrogens is 646 g/mol. The summed E-state index contributed by atoms with van der Waals surface area (Å²) in [6.45, 7) is 18.3. The number of nitrogens with zero attached hydrogens (tertiary/aromatic N) is 2. The molecule has 2 N–H and O–H groups in total. The first-order valence-corrected chi connectivity index (χ1v) is 19.1. The predicted octanol–water partition coefficient (Wildman–Crippen LogP) is 9.29. The van der Waals surface area contributed by atoms with Crippen molar-refractivity contribution in [2.75, 3.05) is 32.8 Å². The van der Waals surface area contributed by atoms with Crippen LogP contribution in [-0.4, -0.2) is 60.1 Å². The van der Waals surface area contributed by atoms with Gasteiger partial charge in [-0.05, 0) is 140 Å². The molecule has 2 aliphatic rings. The van der Waals surface area contributed by atoms with Crippen LogP contribution in [0.15, 0.2) is 48.5 Å². The normalized spacial score (nSPS) is 17.0. The van der Waals surface area contributed by atoms with Crippen molar-refractivity contribution >= 4 is 17.5 Å². The highest BCUT2D eigenvalue weighted by molar-refractivity contribution is 6.32. The van der Waals surface area contributed by atoms with Crippen LogP contribution in [0, 0.1) is 6.92 Å². The molecule has 1 atom stereocenters. The number of unbranched alkanes of at least 4 members (excludes halogenated alkanes) is 1. The minimum absolute atomic E-state index is 0.102. The Kier molecular flexibility index (Phi) is 13.1. The van der Waals surface area contributed by atoms with Crippen LogP contribution in [0.3, 0.4) is 0 Å². The molecule has 1 heterocycles. The van der Waals surface area contributed by atoms with Gasteiger partial charge in [0.15, 0.2) is 0 Å². The minimum Gasteiger partial charge on any atom is -0.493 e. The molecule has 0 spiro atoms. The van der Waals surface area contributed by atoms with Crippen molar-refractivity contribution in [3.8, 4) is 28.4 Å². The fourth-order valence-corrected chi connectivity index (χ4v) is 7.89. The van der Waals surface area contributed by atoms with E-state index in [0.717, 1.165) is 68.9 Å². The molecule has 1 fully saturated rings. The third-order valence-corrected chi connectivity index (χ3v) is 10.9. The summed E-state index contributed by atoms with van der Waals surface area (Å²) in [4.78, 5) is 16.2. The fraction of sp³-hybridized carbons (Fsp3) is 0.548. The lowest BCUT2D eigenvalue weighted by atomic mass is 9.93. The molecule has 0 unspecified atom stereocenters. The SMILES string of the molecule is CCOc1cc(O[C@H]2CCc3c(-c4cccc(OCCCN5CCCC5(C)C)c4C)cccc32)c(Cl)cc1CN(CCCCC(N)=O)C(C)C. The van der Waals surface area contributed by atoms with E-state index in [2.05, 4.69) is 80.8 Å². The van der Waals surface area contributed by atoms with Gasteiger partial charge >= 0.3 is 0 Å². The Labute approximate surface area is 305 Å². The Morgan fingerprint density at radius 3 is 2.54 bits per heavy atom. The number of amides is 1. The van der Waals surface area contributed by atoms with Gasteiger partial charge in [-0.15, -0.1) is 0 Å². The number of halogens is 1. The number of likely N-dealkylation sites (tertiary alicyclic amines) is 1. The van der Waals surface area contributed by atoms with Gasteiger partial charge in [0.05, 0.1) is 18.2 Å². The molecule has 1 aliphatic heterocycles. The fourth-order valence-electron chi connectivity index (χ4n) is 7.65. The number of benzene rings is 3. The van der Waals surface area contributed by atoms with E-state index in [4.69, 9.17) is 31.5 Å². The quantitative estimate of drug-likeness (QED) is 0.133. The average Bonchev–Trinajstić information content (AvgIpc) is 3.64. The van der Waals surface area contributed by atoms with Crippen molar-refractivity contribution in [1.82, 2.24) is 9.80 Å². The van der Waals surface area contributed by atoms with Gasteiger partial charge in [-0.3, -0.25) is 14.6 Å². The van der Waals surface area contributed by atoms with Crippen LogP contribution >= 0.6 is 11.6 Å².